The molecule has 2 aromatic heterocycles. The zero-order chi connectivity index (χ0) is 18.1. The molecule has 0 spiro atoms. The van der Waals surface area contributed by atoms with Crippen molar-refractivity contribution in [1.29, 1.82) is 0 Å². The summed E-state index contributed by atoms with van der Waals surface area (Å²) in [5, 5.41) is 25.3. The molecule has 0 saturated heterocycles. The topological polar surface area (TPSA) is 81.6 Å². The third-order valence-electron chi connectivity index (χ3n) is 4.05. The van der Waals surface area contributed by atoms with E-state index in [4.69, 9.17) is 23.2 Å². The van der Waals surface area contributed by atoms with Crippen molar-refractivity contribution in [3.63, 3.8) is 0 Å². The van der Waals surface area contributed by atoms with Crippen molar-refractivity contribution < 1.29 is 5.11 Å². The second-order valence-corrected chi connectivity index (χ2v) is 6.81. The fourth-order valence-corrected chi connectivity index (χ4v) is 3.46. The molecule has 0 aliphatic carbocycles. The standard InChI is InChI=1S/C17H14Cl2N6O/c18-12-5-6-13(14(19)7-12)17(26,8-24-11-20-10-21-24)9-25-22-15-3-1-2-4-16(15)23-25/h1-7,10-11,26H,8-9H2. The zero-order valence-electron chi connectivity index (χ0n) is 13.5. The molecule has 0 aliphatic rings. The minimum Gasteiger partial charge on any atom is -0.381 e. The lowest BCUT2D eigenvalue weighted by molar-refractivity contribution is -0.00860. The fraction of sp³-hybridized carbons (Fsp3) is 0.176. The van der Waals surface area contributed by atoms with E-state index >= 15 is 0 Å². The van der Waals surface area contributed by atoms with Crippen molar-refractivity contribution >= 4 is 34.2 Å². The van der Waals surface area contributed by atoms with Crippen LogP contribution in [-0.2, 0) is 18.7 Å². The number of nitrogens with zero attached hydrogens (tertiary/aromatic N) is 6. The lowest BCUT2D eigenvalue weighted by atomic mass is 9.93. The summed E-state index contributed by atoms with van der Waals surface area (Å²) in [4.78, 5) is 5.39. The van der Waals surface area contributed by atoms with Crippen molar-refractivity contribution in [3.05, 3.63) is 70.7 Å². The van der Waals surface area contributed by atoms with Crippen molar-refractivity contribution in [2.75, 3.05) is 0 Å². The maximum absolute atomic E-state index is 11.5. The molecule has 4 aromatic rings. The molecular weight excluding hydrogens is 375 g/mol. The summed E-state index contributed by atoms with van der Waals surface area (Å²) in [6, 6.07) is 12.5. The fourth-order valence-electron chi connectivity index (χ4n) is 2.88. The molecule has 0 saturated carbocycles. The molecule has 26 heavy (non-hydrogen) atoms. The third-order valence-corrected chi connectivity index (χ3v) is 4.60. The Kier molecular flexibility index (Phi) is 4.36. The SMILES string of the molecule is OC(Cn1cncn1)(Cn1nc2ccccc2n1)c1ccc(Cl)cc1Cl. The van der Waals surface area contributed by atoms with E-state index in [2.05, 4.69) is 20.3 Å². The Morgan fingerprint density at radius 2 is 1.73 bits per heavy atom. The molecule has 0 amide bonds. The van der Waals surface area contributed by atoms with Crippen LogP contribution in [0, 0.1) is 0 Å². The van der Waals surface area contributed by atoms with Crippen molar-refractivity contribution in [1.82, 2.24) is 29.8 Å². The number of aromatic nitrogens is 6. The van der Waals surface area contributed by atoms with E-state index in [1.807, 2.05) is 24.3 Å². The Bertz CT molecular complexity index is 1020. The molecule has 132 valence electrons. The first-order valence-corrected chi connectivity index (χ1v) is 8.59. The molecule has 1 N–H and O–H groups in total. The monoisotopic (exact) mass is 388 g/mol. The van der Waals surface area contributed by atoms with Gasteiger partial charge in [0.05, 0.1) is 13.1 Å². The first kappa shape index (κ1) is 17.0. The van der Waals surface area contributed by atoms with Crippen LogP contribution in [0.3, 0.4) is 0 Å². The molecule has 2 aromatic carbocycles. The van der Waals surface area contributed by atoms with E-state index in [9.17, 15) is 5.11 Å². The van der Waals surface area contributed by atoms with Gasteiger partial charge in [-0.1, -0.05) is 41.4 Å². The molecular formula is C17H14Cl2N6O. The first-order chi connectivity index (χ1) is 12.5. The highest BCUT2D eigenvalue weighted by atomic mass is 35.5. The van der Waals surface area contributed by atoms with Gasteiger partial charge in [0.1, 0.15) is 29.3 Å². The Morgan fingerprint density at radius 1 is 1.00 bits per heavy atom. The second kappa shape index (κ2) is 6.68. The predicted octanol–water partition coefficient (Wildman–Crippen LogP) is 2.92. The van der Waals surface area contributed by atoms with Crippen LogP contribution in [0.1, 0.15) is 5.56 Å². The lowest BCUT2D eigenvalue weighted by Crippen LogP contribution is -2.37. The van der Waals surface area contributed by atoms with E-state index < -0.39 is 5.60 Å². The van der Waals surface area contributed by atoms with Crippen LogP contribution in [0.5, 0.6) is 0 Å². The number of benzene rings is 2. The largest absolute Gasteiger partial charge is 0.381 e. The lowest BCUT2D eigenvalue weighted by Gasteiger charge is -2.28. The van der Waals surface area contributed by atoms with Crippen LogP contribution in [0.4, 0.5) is 0 Å². The molecule has 4 rings (SSSR count). The van der Waals surface area contributed by atoms with E-state index in [0.717, 1.165) is 11.0 Å². The summed E-state index contributed by atoms with van der Waals surface area (Å²) in [5.74, 6) is 0. The number of hydrogen-bond acceptors (Lipinski definition) is 5. The summed E-state index contributed by atoms with van der Waals surface area (Å²) in [7, 11) is 0. The molecule has 9 heteroatoms. The number of hydrogen-bond donors (Lipinski definition) is 1. The summed E-state index contributed by atoms with van der Waals surface area (Å²) in [5.41, 5.74) is 0.598. The van der Waals surface area contributed by atoms with Gasteiger partial charge in [0.15, 0.2) is 0 Å². The minimum atomic E-state index is -1.41. The Hall–Kier alpha value is -2.48. The van der Waals surface area contributed by atoms with Crippen molar-refractivity contribution in [2.45, 2.75) is 18.7 Å². The van der Waals surface area contributed by atoms with Gasteiger partial charge < -0.3 is 5.11 Å². The van der Waals surface area contributed by atoms with E-state index in [1.54, 1.807) is 18.2 Å². The quantitative estimate of drug-likeness (QED) is 0.568. The van der Waals surface area contributed by atoms with E-state index in [0.29, 0.717) is 15.6 Å². The summed E-state index contributed by atoms with van der Waals surface area (Å²) < 4.78 is 1.54. The number of aliphatic hydroxyl groups is 1. The van der Waals surface area contributed by atoms with Crippen molar-refractivity contribution in [3.8, 4) is 0 Å². The first-order valence-electron chi connectivity index (χ1n) is 7.84. The predicted molar refractivity (Wildman–Crippen MR) is 97.9 cm³/mol. The van der Waals surface area contributed by atoms with Gasteiger partial charge in [-0.2, -0.15) is 20.1 Å². The Balaban J connectivity index is 1.76. The van der Waals surface area contributed by atoms with Crippen LogP contribution in [-0.4, -0.2) is 34.9 Å². The van der Waals surface area contributed by atoms with Crippen LogP contribution in [0.25, 0.3) is 11.0 Å². The summed E-state index contributed by atoms with van der Waals surface area (Å²) in [6.07, 6.45) is 2.94. The highest BCUT2D eigenvalue weighted by Crippen LogP contribution is 2.33. The highest BCUT2D eigenvalue weighted by molar-refractivity contribution is 6.35. The summed E-state index contributed by atoms with van der Waals surface area (Å²) in [6.45, 7) is 0.217. The summed E-state index contributed by atoms with van der Waals surface area (Å²) >= 11 is 12.4. The van der Waals surface area contributed by atoms with Gasteiger partial charge in [-0.25, -0.2) is 9.67 Å². The minimum absolute atomic E-state index is 0.0862. The Morgan fingerprint density at radius 3 is 2.35 bits per heavy atom. The molecule has 0 fully saturated rings. The zero-order valence-corrected chi connectivity index (χ0v) is 15.0. The Labute approximate surface area is 158 Å². The molecule has 0 bridgehead atoms. The van der Waals surface area contributed by atoms with E-state index in [-0.39, 0.29) is 13.1 Å². The smallest absolute Gasteiger partial charge is 0.137 e. The molecule has 0 aliphatic heterocycles. The maximum atomic E-state index is 11.5. The van der Waals surface area contributed by atoms with E-state index in [1.165, 1.54) is 22.1 Å². The molecule has 1 atom stereocenters. The highest BCUT2D eigenvalue weighted by Gasteiger charge is 2.34. The maximum Gasteiger partial charge on any atom is 0.137 e. The van der Waals surface area contributed by atoms with Gasteiger partial charge in [0.2, 0.25) is 0 Å². The number of rotatable bonds is 5. The molecule has 7 nitrogen and oxygen atoms in total. The van der Waals surface area contributed by atoms with Gasteiger partial charge >= 0.3 is 0 Å². The van der Waals surface area contributed by atoms with Crippen LogP contribution in [0.15, 0.2) is 55.1 Å². The van der Waals surface area contributed by atoms with Crippen molar-refractivity contribution in [2.24, 2.45) is 0 Å². The van der Waals surface area contributed by atoms with Crippen LogP contribution < -0.4 is 0 Å². The van der Waals surface area contributed by atoms with Gasteiger partial charge in [0.25, 0.3) is 0 Å². The third kappa shape index (κ3) is 3.29. The molecule has 1 unspecified atom stereocenters. The second-order valence-electron chi connectivity index (χ2n) is 5.97. The average molecular weight is 389 g/mol. The van der Waals surface area contributed by atoms with Gasteiger partial charge in [0, 0.05) is 15.6 Å². The average Bonchev–Trinajstić information content (AvgIpc) is 3.23. The van der Waals surface area contributed by atoms with Gasteiger partial charge in [-0.3, -0.25) is 0 Å². The molecule has 0 radical (unpaired) electrons. The molecule has 2 heterocycles. The van der Waals surface area contributed by atoms with Crippen LogP contribution in [0.2, 0.25) is 10.0 Å². The van der Waals surface area contributed by atoms with Gasteiger partial charge in [-0.05, 0) is 24.3 Å². The van der Waals surface area contributed by atoms with Gasteiger partial charge in [-0.15, -0.1) is 0 Å². The normalized spacial score (nSPS) is 13.8. The number of fused-ring (bicyclic) bond motifs is 1. The number of halogens is 2. The van der Waals surface area contributed by atoms with Crippen LogP contribution >= 0.6 is 23.2 Å².